The number of halogens is 3. The lowest BCUT2D eigenvalue weighted by molar-refractivity contribution is -0.132. The van der Waals surface area contributed by atoms with Crippen molar-refractivity contribution in [3.8, 4) is 5.75 Å². The number of hydrogen-bond acceptors (Lipinski definition) is 2. The molecule has 1 rings (SSSR count). The number of guanidine groups is 1. The van der Waals surface area contributed by atoms with Crippen LogP contribution in [0.3, 0.4) is 0 Å². The molecule has 0 fully saturated rings. The molecule has 0 aliphatic rings. The zero-order valence-corrected chi connectivity index (χ0v) is 12.8. The fraction of sp³-hybridized carbons (Fsp3) is 0.533. The van der Waals surface area contributed by atoms with E-state index in [1.165, 1.54) is 0 Å². The summed E-state index contributed by atoms with van der Waals surface area (Å²) in [6.45, 7) is 4.97. The van der Waals surface area contributed by atoms with E-state index >= 15 is 0 Å². The number of hydrogen-bond donors (Lipinski definition) is 2. The lowest BCUT2D eigenvalue weighted by Gasteiger charge is -2.12. The van der Waals surface area contributed by atoms with Gasteiger partial charge in [0.25, 0.3) is 0 Å². The highest BCUT2D eigenvalue weighted by atomic mass is 19.4. The average Bonchev–Trinajstić information content (AvgIpc) is 2.44. The average molecular weight is 317 g/mol. The Labute approximate surface area is 128 Å². The Morgan fingerprint density at radius 2 is 1.86 bits per heavy atom. The molecule has 7 heteroatoms. The largest absolute Gasteiger partial charge is 0.492 e. The molecule has 1 aromatic carbocycles. The van der Waals surface area contributed by atoms with Gasteiger partial charge in [-0.05, 0) is 26.0 Å². The smallest absolute Gasteiger partial charge is 0.390 e. The van der Waals surface area contributed by atoms with E-state index in [0.29, 0.717) is 25.7 Å². The first kappa shape index (κ1) is 18.1. The molecule has 0 aliphatic carbocycles. The van der Waals surface area contributed by atoms with Gasteiger partial charge in [0.1, 0.15) is 12.4 Å². The summed E-state index contributed by atoms with van der Waals surface area (Å²) in [6, 6.07) is 7.65. The van der Waals surface area contributed by atoms with Crippen LogP contribution in [0.25, 0.3) is 0 Å². The second-order valence-corrected chi connectivity index (χ2v) is 4.71. The highest BCUT2D eigenvalue weighted by molar-refractivity contribution is 5.79. The van der Waals surface area contributed by atoms with Crippen molar-refractivity contribution >= 4 is 5.96 Å². The minimum atomic E-state index is -4.19. The quantitative estimate of drug-likeness (QED) is 0.462. The number of benzene rings is 1. The molecule has 0 atom stereocenters. The van der Waals surface area contributed by atoms with Gasteiger partial charge >= 0.3 is 6.18 Å². The van der Waals surface area contributed by atoms with Gasteiger partial charge in [-0.15, -0.1) is 0 Å². The third kappa shape index (κ3) is 8.39. The van der Waals surface area contributed by atoms with Gasteiger partial charge < -0.3 is 15.4 Å². The van der Waals surface area contributed by atoms with Crippen LogP contribution in [0.5, 0.6) is 5.75 Å². The van der Waals surface area contributed by atoms with Crippen LogP contribution >= 0.6 is 0 Å². The molecule has 0 spiro atoms. The first-order chi connectivity index (χ1) is 10.4. The highest BCUT2D eigenvalue weighted by Gasteiger charge is 2.26. The van der Waals surface area contributed by atoms with Gasteiger partial charge in [0, 0.05) is 6.54 Å². The van der Waals surface area contributed by atoms with Crippen molar-refractivity contribution in [2.24, 2.45) is 4.99 Å². The molecule has 0 aromatic heterocycles. The normalized spacial score (nSPS) is 12.1. The molecule has 2 N–H and O–H groups in total. The van der Waals surface area contributed by atoms with E-state index in [-0.39, 0.29) is 6.54 Å². The number of aliphatic imine (C=N–C) groups is 1. The molecular weight excluding hydrogens is 295 g/mol. The van der Waals surface area contributed by atoms with E-state index in [0.717, 1.165) is 11.3 Å². The molecule has 124 valence electrons. The summed E-state index contributed by atoms with van der Waals surface area (Å²) in [5.74, 6) is 1.12. The fourth-order valence-corrected chi connectivity index (χ4v) is 1.61. The van der Waals surface area contributed by atoms with Crippen LogP contribution in [0.15, 0.2) is 29.3 Å². The number of nitrogens with zero attached hydrogens (tertiary/aromatic N) is 1. The van der Waals surface area contributed by atoms with Crippen LogP contribution in [0, 0.1) is 6.92 Å². The van der Waals surface area contributed by atoms with Crippen LogP contribution in [0.1, 0.15) is 18.9 Å². The molecule has 0 heterocycles. The van der Waals surface area contributed by atoms with Gasteiger partial charge in [-0.2, -0.15) is 13.2 Å². The number of rotatable bonds is 7. The first-order valence-electron chi connectivity index (χ1n) is 7.19. The number of aryl methyl sites for hydroxylation is 1. The van der Waals surface area contributed by atoms with Crippen molar-refractivity contribution in [1.29, 1.82) is 0 Å². The van der Waals surface area contributed by atoms with E-state index in [1.807, 2.05) is 38.1 Å². The van der Waals surface area contributed by atoms with Gasteiger partial charge in [-0.3, -0.25) is 4.99 Å². The fourth-order valence-electron chi connectivity index (χ4n) is 1.61. The van der Waals surface area contributed by atoms with Crippen LogP contribution in [0.4, 0.5) is 13.2 Å². The Balaban J connectivity index is 2.31. The topological polar surface area (TPSA) is 45.7 Å². The van der Waals surface area contributed by atoms with E-state index in [1.54, 1.807) is 0 Å². The van der Waals surface area contributed by atoms with Crippen LogP contribution in [-0.2, 0) is 0 Å². The zero-order chi connectivity index (χ0) is 16.4. The lowest BCUT2D eigenvalue weighted by Crippen LogP contribution is -2.39. The standard InChI is InChI=1S/C15H22F3N3O/c1-3-19-14(20-9-8-15(16,17)18)21-10-11-22-13-6-4-12(2)5-7-13/h4-7H,3,8-11H2,1-2H3,(H2,19,20,21). The third-order valence-electron chi connectivity index (χ3n) is 2.69. The number of nitrogens with one attached hydrogen (secondary N) is 2. The molecule has 0 radical (unpaired) electrons. The second-order valence-electron chi connectivity index (χ2n) is 4.71. The molecule has 0 bridgehead atoms. The first-order valence-corrected chi connectivity index (χ1v) is 7.19. The summed E-state index contributed by atoms with van der Waals surface area (Å²) >= 11 is 0. The van der Waals surface area contributed by atoms with E-state index in [2.05, 4.69) is 15.6 Å². The SMILES string of the molecule is CCNC(=NCCC(F)(F)F)NCCOc1ccc(C)cc1. The minimum Gasteiger partial charge on any atom is -0.492 e. The van der Waals surface area contributed by atoms with Crippen molar-refractivity contribution in [2.75, 3.05) is 26.2 Å². The Bertz CT molecular complexity index is 458. The molecule has 0 amide bonds. The predicted molar refractivity (Wildman–Crippen MR) is 81.3 cm³/mol. The summed E-state index contributed by atoms with van der Waals surface area (Å²) in [5.41, 5.74) is 1.15. The predicted octanol–water partition coefficient (Wildman–Crippen LogP) is 2.88. The van der Waals surface area contributed by atoms with Gasteiger partial charge in [0.2, 0.25) is 0 Å². The van der Waals surface area contributed by atoms with Gasteiger partial charge in [0.15, 0.2) is 5.96 Å². The molecule has 0 aliphatic heterocycles. The van der Waals surface area contributed by atoms with Crippen molar-refractivity contribution in [2.45, 2.75) is 26.4 Å². The van der Waals surface area contributed by atoms with Crippen LogP contribution in [-0.4, -0.2) is 38.4 Å². The van der Waals surface area contributed by atoms with Crippen molar-refractivity contribution < 1.29 is 17.9 Å². The Morgan fingerprint density at radius 3 is 2.45 bits per heavy atom. The monoisotopic (exact) mass is 317 g/mol. The highest BCUT2D eigenvalue weighted by Crippen LogP contribution is 2.18. The maximum atomic E-state index is 12.1. The van der Waals surface area contributed by atoms with E-state index < -0.39 is 12.6 Å². The van der Waals surface area contributed by atoms with Crippen LogP contribution < -0.4 is 15.4 Å². The maximum absolute atomic E-state index is 12.1. The summed E-state index contributed by atoms with van der Waals surface area (Å²) in [4.78, 5) is 3.87. The van der Waals surface area contributed by atoms with Crippen molar-refractivity contribution in [1.82, 2.24) is 10.6 Å². The van der Waals surface area contributed by atoms with Gasteiger partial charge in [0.05, 0.1) is 19.5 Å². The molecule has 22 heavy (non-hydrogen) atoms. The number of alkyl halides is 3. The van der Waals surface area contributed by atoms with E-state index in [9.17, 15) is 13.2 Å². The molecular formula is C15H22F3N3O. The molecule has 0 unspecified atom stereocenters. The van der Waals surface area contributed by atoms with Gasteiger partial charge in [-0.1, -0.05) is 17.7 Å². The lowest BCUT2D eigenvalue weighted by atomic mass is 10.2. The Hall–Kier alpha value is -1.92. The second kappa shape index (κ2) is 9.17. The van der Waals surface area contributed by atoms with Crippen LogP contribution in [0.2, 0.25) is 0 Å². The number of ether oxygens (including phenoxy) is 1. The molecule has 4 nitrogen and oxygen atoms in total. The minimum absolute atomic E-state index is 0.294. The summed E-state index contributed by atoms with van der Waals surface area (Å²) < 4.78 is 41.8. The van der Waals surface area contributed by atoms with Crippen molar-refractivity contribution in [3.63, 3.8) is 0 Å². The summed E-state index contributed by atoms with van der Waals surface area (Å²) in [7, 11) is 0. The van der Waals surface area contributed by atoms with E-state index in [4.69, 9.17) is 4.74 Å². The Kier molecular flexibility index (Phi) is 7.56. The van der Waals surface area contributed by atoms with Gasteiger partial charge in [-0.25, -0.2) is 0 Å². The maximum Gasteiger partial charge on any atom is 0.390 e. The van der Waals surface area contributed by atoms with Crippen molar-refractivity contribution in [3.05, 3.63) is 29.8 Å². The molecule has 1 aromatic rings. The molecule has 0 saturated carbocycles. The zero-order valence-electron chi connectivity index (χ0n) is 12.8. The summed E-state index contributed by atoms with van der Waals surface area (Å²) in [5, 5.41) is 5.83. The summed E-state index contributed by atoms with van der Waals surface area (Å²) in [6.07, 6.45) is -5.11. The molecule has 0 saturated heterocycles. The third-order valence-corrected chi connectivity index (χ3v) is 2.69. The Morgan fingerprint density at radius 1 is 1.18 bits per heavy atom.